The van der Waals surface area contributed by atoms with E-state index in [0.29, 0.717) is 0 Å². The molecule has 1 atom stereocenters. The maximum atomic E-state index is 10.1. The lowest BCUT2D eigenvalue weighted by molar-refractivity contribution is 0.194. The number of hydrogen-bond donors (Lipinski definition) is 1. The van der Waals surface area contributed by atoms with Crippen molar-refractivity contribution >= 4 is 5.69 Å². The molecule has 3 nitrogen and oxygen atoms in total. The summed E-state index contributed by atoms with van der Waals surface area (Å²) in [5, 5.41) is 10.1. The molecule has 0 amide bonds. The summed E-state index contributed by atoms with van der Waals surface area (Å²) in [7, 11) is 1.66. The molecule has 1 aromatic carbocycles. The van der Waals surface area contributed by atoms with Gasteiger partial charge in [-0.1, -0.05) is 32.8 Å². The summed E-state index contributed by atoms with van der Waals surface area (Å²) in [6.07, 6.45) is 4.17. The first-order chi connectivity index (χ1) is 9.65. The van der Waals surface area contributed by atoms with Crippen LogP contribution in [0.2, 0.25) is 0 Å². The summed E-state index contributed by atoms with van der Waals surface area (Å²) in [6, 6.07) is 6.02. The molecule has 0 saturated heterocycles. The molecule has 3 heteroatoms. The van der Waals surface area contributed by atoms with Crippen LogP contribution in [0.1, 0.15) is 58.1 Å². The number of ether oxygens (including phenoxy) is 1. The van der Waals surface area contributed by atoms with Crippen molar-refractivity contribution in [3.8, 4) is 5.75 Å². The van der Waals surface area contributed by atoms with Crippen LogP contribution in [0.25, 0.3) is 0 Å². The zero-order chi connectivity index (χ0) is 15.0. The van der Waals surface area contributed by atoms with Gasteiger partial charge in [0.2, 0.25) is 0 Å². The van der Waals surface area contributed by atoms with Crippen molar-refractivity contribution in [2.24, 2.45) is 0 Å². The SMILES string of the molecule is CCCCN(CCCC)c1cccc(OC)c1C(C)O. The van der Waals surface area contributed by atoms with Crippen LogP contribution < -0.4 is 9.64 Å². The van der Waals surface area contributed by atoms with Gasteiger partial charge in [0.25, 0.3) is 0 Å². The Hall–Kier alpha value is -1.22. The van der Waals surface area contributed by atoms with E-state index in [9.17, 15) is 5.11 Å². The molecule has 0 saturated carbocycles. The molecular formula is C17H29NO2. The van der Waals surface area contributed by atoms with Crippen molar-refractivity contribution in [1.82, 2.24) is 0 Å². The van der Waals surface area contributed by atoms with Crippen LogP contribution >= 0.6 is 0 Å². The first-order valence-electron chi connectivity index (χ1n) is 7.75. The molecule has 0 aliphatic rings. The fraction of sp³-hybridized carbons (Fsp3) is 0.647. The molecule has 1 unspecified atom stereocenters. The fourth-order valence-corrected chi connectivity index (χ4v) is 2.46. The summed E-state index contributed by atoms with van der Waals surface area (Å²) >= 11 is 0. The van der Waals surface area contributed by atoms with Crippen LogP contribution in [0.3, 0.4) is 0 Å². The number of hydrogen-bond acceptors (Lipinski definition) is 3. The molecule has 0 radical (unpaired) electrons. The van der Waals surface area contributed by atoms with Crippen molar-refractivity contribution in [2.75, 3.05) is 25.1 Å². The van der Waals surface area contributed by atoms with E-state index in [4.69, 9.17) is 4.74 Å². The zero-order valence-corrected chi connectivity index (χ0v) is 13.4. The van der Waals surface area contributed by atoms with E-state index in [1.807, 2.05) is 12.1 Å². The standard InChI is InChI=1S/C17H29NO2/c1-5-7-12-18(13-8-6-2)15-10-9-11-16(20-4)17(15)14(3)19/h9-11,14,19H,5-8,12-13H2,1-4H3. The third-order valence-electron chi connectivity index (χ3n) is 3.58. The Bertz CT molecular complexity index is 383. The van der Waals surface area contributed by atoms with Gasteiger partial charge in [0, 0.05) is 24.3 Å². The van der Waals surface area contributed by atoms with E-state index in [2.05, 4.69) is 24.8 Å². The summed E-state index contributed by atoms with van der Waals surface area (Å²) in [5.74, 6) is 0.774. The Labute approximate surface area is 123 Å². The molecule has 114 valence electrons. The van der Waals surface area contributed by atoms with Crippen LogP contribution in [0.15, 0.2) is 18.2 Å². The molecule has 1 rings (SSSR count). The van der Waals surface area contributed by atoms with Gasteiger partial charge in [-0.15, -0.1) is 0 Å². The van der Waals surface area contributed by atoms with Gasteiger partial charge >= 0.3 is 0 Å². The Morgan fingerprint density at radius 1 is 1.15 bits per heavy atom. The van der Waals surface area contributed by atoms with Gasteiger partial charge < -0.3 is 14.7 Å². The number of aliphatic hydroxyl groups is 1. The second kappa shape index (κ2) is 8.85. The number of methoxy groups -OCH3 is 1. The highest BCUT2D eigenvalue weighted by atomic mass is 16.5. The largest absolute Gasteiger partial charge is 0.496 e. The molecular weight excluding hydrogens is 250 g/mol. The predicted molar refractivity (Wildman–Crippen MR) is 85.7 cm³/mol. The predicted octanol–water partition coefficient (Wildman–Crippen LogP) is 4.16. The van der Waals surface area contributed by atoms with Crippen LogP contribution in [0, 0.1) is 0 Å². The minimum absolute atomic E-state index is 0.521. The molecule has 1 N–H and O–H groups in total. The molecule has 0 bridgehead atoms. The number of anilines is 1. The maximum Gasteiger partial charge on any atom is 0.126 e. The molecule has 0 aliphatic heterocycles. The molecule has 0 aliphatic carbocycles. The minimum Gasteiger partial charge on any atom is -0.496 e. The highest BCUT2D eigenvalue weighted by Gasteiger charge is 2.18. The third kappa shape index (κ3) is 4.41. The van der Waals surface area contributed by atoms with E-state index in [0.717, 1.165) is 30.1 Å². The zero-order valence-electron chi connectivity index (χ0n) is 13.4. The molecule has 20 heavy (non-hydrogen) atoms. The number of nitrogens with zero attached hydrogens (tertiary/aromatic N) is 1. The van der Waals surface area contributed by atoms with Gasteiger partial charge in [-0.25, -0.2) is 0 Å². The Balaban J connectivity index is 3.09. The molecule has 0 fully saturated rings. The van der Waals surface area contributed by atoms with Crippen molar-refractivity contribution in [2.45, 2.75) is 52.6 Å². The monoisotopic (exact) mass is 279 g/mol. The van der Waals surface area contributed by atoms with E-state index < -0.39 is 6.10 Å². The van der Waals surface area contributed by atoms with E-state index in [1.165, 1.54) is 25.7 Å². The highest BCUT2D eigenvalue weighted by Crippen LogP contribution is 2.34. The fourth-order valence-electron chi connectivity index (χ4n) is 2.46. The molecule has 0 aromatic heterocycles. The highest BCUT2D eigenvalue weighted by molar-refractivity contribution is 5.60. The average molecular weight is 279 g/mol. The van der Waals surface area contributed by atoms with Crippen LogP contribution in [0.4, 0.5) is 5.69 Å². The molecule has 0 heterocycles. The average Bonchev–Trinajstić information content (AvgIpc) is 2.46. The van der Waals surface area contributed by atoms with Gasteiger partial charge in [0.05, 0.1) is 13.2 Å². The minimum atomic E-state index is -0.521. The van der Waals surface area contributed by atoms with Crippen molar-refractivity contribution in [3.05, 3.63) is 23.8 Å². The number of rotatable bonds is 9. The first-order valence-corrected chi connectivity index (χ1v) is 7.75. The Kier molecular flexibility index (Phi) is 7.45. The summed E-state index contributed by atoms with van der Waals surface area (Å²) in [5.41, 5.74) is 2.02. The van der Waals surface area contributed by atoms with E-state index in [-0.39, 0.29) is 0 Å². The number of benzene rings is 1. The lowest BCUT2D eigenvalue weighted by Crippen LogP contribution is -2.27. The quantitative estimate of drug-likeness (QED) is 0.737. The topological polar surface area (TPSA) is 32.7 Å². The van der Waals surface area contributed by atoms with E-state index >= 15 is 0 Å². The summed E-state index contributed by atoms with van der Waals surface area (Å²) < 4.78 is 5.42. The van der Waals surface area contributed by atoms with E-state index in [1.54, 1.807) is 14.0 Å². The number of aliphatic hydroxyl groups excluding tert-OH is 1. The van der Waals surface area contributed by atoms with Crippen molar-refractivity contribution in [1.29, 1.82) is 0 Å². The summed E-state index contributed by atoms with van der Waals surface area (Å²) in [4.78, 5) is 2.39. The maximum absolute atomic E-state index is 10.1. The van der Waals surface area contributed by atoms with Gasteiger partial charge in [-0.2, -0.15) is 0 Å². The van der Waals surface area contributed by atoms with Gasteiger partial charge in [0.15, 0.2) is 0 Å². The van der Waals surface area contributed by atoms with Gasteiger partial charge in [-0.3, -0.25) is 0 Å². The van der Waals surface area contributed by atoms with Crippen molar-refractivity contribution in [3.63, 3.8) is 0 Å². The molecule has 0 spiro atoms. The Morgan fingerprint density at radius 3 is 2.20 bits per heavy atom. The summed E-state index contributed by atoms with van der Waals surface area (Å²) in [6.45, 7) is 8.28. The normalized spacial score (nSPS) is 12.2. The van der Waals surface area contributed by atoms with Gasteiger partial charge in [0.1, 0.15) is 5.75 Å². The van der Waals surface area contributed by atoms with Crippen molar-refractivity contribution < 1.29 is 9.84 Å². The Morgan fingerprint density at radius 2 is 1.75 bits per heavy atom. The lowest BCUT2D eigenvalue weighted by Gasteiger charge is -2.29. The smallest absolute Gasteiger partial charge is 0.126 e. The van der Waals surface area contributed by atoms with Crippen LogP contribution in [-0.2, 0) is 0 Å². The number of unbranched alkanes of at least 4 members (excludes halogenated alkanes) is 2. The van der Waals surface area contributed by atoms with Crippen LogP contribution in [0.5, 0.6) is 5.75 Å². The second-order valence-electron chi connectivity index (χ2n) is 5.26. The van der Waals surface area contributed by atoms with Crippen LogP contribution in [-0.4, -0.2) is 25.3 Å². The lowest BCUT2D eigenvalue weighted by atomic mass is 10.0. The third-order valence-corrected chi connectivity index (χ3v) is 3.58. The first kappa shape index (κ1) is 16.8. The molecule has 1 aromatic rings. The second-order valence-corrected chi connectivity index (χ2v) is 5.26. The van der Waals surface area contributed by atoms with Gasteiger partial charge in [-0.05, 0) is 31.9 Å².